The van der Waals surface area contributed by atoms with Crippen LogP contribution in [0.15, 0.2) is 36.4 Å². The summed E-state index contributed by atoms with van der Waals surface area (Å²) in [6, 6.07) is 8.19. The zero-order chi connectivity index (χ0) is 20.7. The molecule has 7 nitrogen and oxygen atoms in total. The number of nitrogens with zero attached hydrogens (tertiary/aromatic N) is 3. The third-order valence-corrected chi connectivity index (χ3v) is 7.08. The van der Waals surface area contributed by atoms with Gasteiger partial charge in [0, 0.05) is 38.4 Å². The van der Waals surface area contributed by atoms with Crippen LogP contribution in [-0.4, -0.2) is 68.2 Å². The number of allylic oxidation sites excluding steroid dienone is 2. The van der Waals surface area contributed by atoms with E-state index in [4.69, 9.17) is 9.57 Å². The van der Waals surface area contributed by atoms with Crippen LogP contribution in [0.3, 0.4) is 0 Å². The second kappa shape index (κ2) is 8.04. The molecular formula is C23H29N3O4. The molecule has 4 atom stereocenters. The molecular weight excluding hydrogens is 382 g/mol. The molecule has 1 aromatic rings. The van der Waals surface area contributed by atoms with Gasteiger partial charge in [0.15, 0.2) is 0 Å². The maximum absolute atomic E-state index is 12.6. The Morgan fingerprint density at radius 2 is 1.57 bits per heavy atom. The first-order valence-electron chi connectivity index (χ1n) is 11.0. The van der Waals surface area contributed by atoms with Crippen molar-refractivity contribution in [2.24, 2.45) is 23.7 Å². The van der Waals surface area contributed by atoms with Crippen LogP contribution in [0, 0.1) is 23.7 Å². The molecule has 0 spiro atoms. The van der Waals surface area contributed by atoms with E-state index in [0.717, 1.165) is 56.4 Å². The van der Waals surface area contributed by atoms with E-state index in [9.17, 15) is 9.59 Å². The topological polar surface area (TPSA) is 62.3 Å². The standard InChI is InChI=1S/C23H29N3O4/c1-29-19-7-5-18(6-8-19)25-12-10-24(11-13-25)9-2-14-30-26-22(27)20-16-3-4-17(15-16)21(20)23(26)28/h3-8,16-17,20-21H,2,9-15H2,1H3/t16-,17+,20?,21?. The highest BCUT2D eigenvalue weighted by atomic mass is 16.7. The van der Waals surface area contributed by atoms with Crippen LogP contribution < -0.4 is 9.64 Å². The number of benzene rings is 1. The molecule has 5 rings (SSSR count). The number of carbonyl (C=O) groups is 2. The Balaban J connectivity index is 1.04. The van der Waals surface area contributed by atoms with Gasteiger partial charge in [-0.1, -0.05) is 12.2 Å². The van der Waals surface area contributed by atoms with Crippen LogP contribution in [0.4, 0.5) is 5.69 Å². The highest BCUT2D eigenvalue weighted by molar-refractivity contribution is 6.05. The van der Waals surface area contributed by atoms with Gasteiger partial charge in [0.05, 0.1) is 25.6 Å². The Kier molecular flexibility index (Phi) is 5.25. The molecule has 4 aliphatic rings. The lowest BCUT2D eigenvalue weighted by atomic mass is 9.85. The van der Waals surface area contributed by atoms with Crippen LogP contribution >= 0.6 is 0 Å². The van der Waals surface area contributed by atoms with E-state index in [1.54, 1.807) is 7.11 Å². The van der Waals surface area contributed by atoms with Crippen LogP contribution in [0.5, 0.6) is 5.75 Å². The van der Waals surface area contributed by atoms with Gasteiger partial charge in [0.25, 0.3) is 11.8 Å². The second-order valence-corrected chi connectivity index (χ2v) is 8.68. The Hall–Kier alpha value is -2.38. The third kappa shape index (κ3) is 3.40. The third-order valence-electron chi connectivity index (χ3n) is 7.08. The summed E-state index contributed by atoms with van der Waals surface area (Å²) < 4.78 is 5.23. The number of imide groups is 1. The largest absolute Gasteiger partial charge is 0.497 e. The number of rotatable bonds is 7. The first-order valence-corrected chi connectivity index (χ1v) is 11.0. The van der Waals surface area contributed by atoms with Crippen molar-refractivity contribution in [1.29, 1.82) is 0 Å². The van der Waals surface area contributed by atoms with Gasteiger partial charge in [-0.15, -0.1) is 0 Å². The van der Waals surface area contributed by atoms with E-state index < -0.39 is 0 Å². The smallest absolute Gasteiger partial charge is 0.258 e. The first kappa shape index (κ1) is 19.6. The van der Waals surface area contributed by atoms with Crippen molar-refractivity contribution in [2.75, 3.05) is 51.3 Å². The molecule has 1 saturated carbocycles. The molecule has 2 aliphatic carbocycles. The van der Waals surface area contributed by atoms with E-state index >= 15 is 0 Å². The van der Waals surface area contributed by atoms with Crippen LogP contribution in [0.1, 0.15) is 12.8 Å². The Morgan fingerprint density at radius 3 is 2.17 bits per heavy atom. The lowest BCUT2D eigenvalue weighted by Gasteiger charge is -2.36. The number of hydrogen-bond acceptors (Lipinski definition) is 6. The maximum atomic E-state index is 12.6. The number of fused-ring (bicyclic) bond motifs is 5. The highest BCUT2D eigenvalue weighted by Gasteiger charge is 2.60. The van der Waals surface area contributed by atoms with Gasteiger partial charge in [-0.3, -0.25) is 19.3 Å². The SMILES string of the molecule is COc1ccc(N2CCN(CCCON3C(=O)C4C(C3=O)[C@H]3C=C[C@@H]4C3)CC2)cc1. The minimum absolute atomic E-state index is 0.130. The van der Waals surface area contributed by atoms with Crippen molar-refractivity contribution in [3.8, 4) is 5.75 Å². The monoisotopic (exact) mass is 411 g/mol. The van der Waals surface area contributed by atoms with Crippen molar-refractivity contribution >= 4 is 17.5 Å². The summed E-state index contributed by atoms with van der Waals surface area (Å²) in [5, 5.41) is 1.07. The number of hydroxylamine groups is 2. The molecule has 2 saturated heterocycles. The zero-order valence-corrected chi connectivity index (χ0v) is 17.4. The van der Waals surface area contributed by atoms with Gasteiger partial charge in [0.2, 0.25) is 0 Å². The zero-order valence-electron chi connectivity index (χ0n) is 17.4. The van der Waals surface area contributed by atoms with Gasteiger partial charge in [-0.25, -0.2) is 0 Å². The summed E-state index contributed by atoms with van der Waals surface area (Å²) in [7, 11) is 1.68. The molecule has 2 heterocycles. The number of piperazine rings is 1. The predicted octanol–water partition coefficient (Wildman–Crippen LogP) is 1.95. The highest BCUT2D eigenvalue weighted by Crippen LogP contribution is 2.52. The van der Waals surface area contributed by atoms with Crippen molar-refractivity contribution in [3.63, 3.8) is 0 Å². The number of hydrogen-bond donors (Lipinski definition) is 0. The molecule has 0 aromatic heterocycles. The van der Waals surface area contributed by atoms with Gasteiger partial charge in [-0.2, -0.15) is 5.06 Å². The fraction of sp³-hybridized carbons (Fsp3) is 0.565. The molecule has 2 aliphatic heterocycles. The van der Waals surface area contributed by atoms with Crippen molar-refractivity contribution in [1.82, 2.24) is 9.96 Å². The molecule has 30 heavy (non-hydrogen) atoms. The molecule has 2 amide bonds. The van der Waals surface area contributed by atoms with Crippen LogP contribution in [0.2, 0.25) is 0 Å². The molecule has 0 radical (unpaired) electrons. The number of amides is 2. The van der Waals surface area contributed by atoms with E-state index in [-0.39, 0.29) is 35.5 Å². The molecule has 3 fully saturated rings. The minimum atomic E-state index is -0.182. The summed E-state index contributed by atoms with van der Waals surface area (Å²) in [6.07, 6.45) is 5.96. The Bertz CT molecular complexity index is 801. The lowest BCUT2D eigenvalue weighted by Crippen LogP contribution is -2.46. The summed E-state index contributed by atoms with van der Waals surface area (Å²) in [6.45, 7) is 5.26. The molecule has 1 aromatic carbocycles. The second-order valence-electron chi connectivity index (χ2n) is 8.68. The van der Waals surface area contributed by atoms with Gasteiger partial charge < -0.3 is 9.64 Å². The van der Waals surface area contributed by atoms with Crippen molar-refractivity contribution < 1.29 is 19.2 Å². The maximum Gasteiger partial charge on any atom is 0.258 e. The molecule has 160 valence electrons. The fourth-order valence-corrected chi connectivity index (χ4v) is 5.47. The summed E-state index contributed by atoms with van der Waals surface area (Å²) >= 11 is 0. The average Bonchev–Trinajstić information content (AvgIpc) is 3.46. The van der Waals surface area contributed by atoms with Crippen molar-refractivity contribution in [2.45, 2.75) is 12.8 Å². The van der Waals surface area contributed by atoms with Crippen LogP contribution in [0.25, 0.3) is 0 Å². The number of ether oxygens (including phenoxy) is 1. The lowest BCUT2D eigenvalue weighted by molar-refractivity contribution is -0.190. The average molecular weight is 412 g/mol. The number of methoxy groups -OCH3 is 1. The number of anilines is 1. The summed E-state index contributed by atoms with van der Waals surface area (Å²) in [4.78, 5) is 35.7. The van der Waals surface area contributed by atoms with E-state index in [2.05, 4.69) is 34.1 Å². The first-order chi connectivity index (χ1) is 14.7. The Morgan fingerprint density at radius 1 is 0.933 bits per heavy atom. The molecule has 7 heteroatoms. The van der Waals surface area contributed by atoms with Gasteiger partial charge >= 0.3 is 0 Å². The predicted molar refractivity (Wildman–Crippen MR) is 112 cm³/mol. The Labute approximate surface area is 177 Å². The molecule has 2 unspecified atom stereocenters. The fourth-order valence-electron chi connectivity index (χ4n) is 5.47. The molecule has 2 bridgehead atoms. The van der Waals surface area contributed by atoms with Crippen molar-refractivity contribution in [3.05, 3.63) is 36.4 Å². The molecule has 0 N–H and O–H groups in total. The summed E-state index contributed by atoms with van der Waals surface area (Å²) in [5.74, 6) is 0.709. The van der Waals surface area contributed by atoms with Crippen LogP contribution in [-0.2, 0) is 14.4 Å². The van der Waals surface area contributed by atoms with E-state index in [0.29, 0.717) is 6.61 Å². The quantitative estimate of drug-likeness (QED) is 0.388. The number of carbonyl (C=O) groups excluding carboxylic acids is 2. The summed E-state index contributed by atoms with van der Waals surface area (Å²) in [5.41, 5.74) is 1.22. The van der Waals surface area contributed by atoms with Gasteiger partial charge in [0.1, 0.15) is 5.75 Å². The van der Waals surface area contributed by atoms with E-state index in [1.165, 1.54) is 5.69 Å². The normalized spacial score (nSPS) is 30.4. The van der Waals surface area contributed by atoms with E-state index in [1.807, 2.05) is 12.1 Å². The minimum Gasteiger partial charge on any atom is -0.497 e. The van der Waals surface area contributed by atoms with Gasteiger partial charge in [-0.05, 0) is 48.9 Å².